The number of rotatable bonds is 4. The van der Waals surface area contributed by atoms with E-state index in [1.807, 2.05) is 24.3 Å². The fourth-order valence-corrected chi connectivity index (χ4v) is 5.57. The Morgan fingerprint density at radius 2 is 1.88 bits per heavy atom. The van der Waals surface area contributed by atoms with E-state index in [4.69, 9.17) is 0 Å². The van der Waals surface area contributed by atoms with Gasteiger partial charge in [-0.15, -0.1) is 0 Å². The summed E-state index contributed by atoms with van der Waals surface area (Å²) in [7, 11) is -3.74. The number of benzene rings is 1. The molecule has 4 rings (SSSR count). The van der Waals surface area contributed by atoms with Crippen molar-refractivity contribution in [1.29, 1.82) is 0 Å². The van der Waals surface area contributed by atoms with E-state index in [-0.39, 0.29) is 0 Å². The van der Waals surface area contributed by atoms with E-state index in [0.29, 0.717) is 29.2 Å². The first kappa shape index (κ1) is 17.1. The second kappa shape index (κ2) is 6.13. The fourth-order valence-electron chi connectivity index (χ4n) is 3.88. The Balaban J connectivity index is 1.84. The lowest BCUT2D eigenvalue weighted by molar-refractivity contribution is 0.112. The third-order valence-corrected chi connectivity index (χ3v) is 7.70. The first-order valence-corrected chi connectivity index (χ1v) is 10.3. The lowest BCUT2D eigenvalue weighted by Gasteiger charge is -2.31. The average molecular weight is 370 g/mol. The van der Waals surface area contributed by atoms with Crippen molar-refractivity contribution in [3.8, 4) is 0 Å². The molecule has 1 aromatic carbocycles. The quantitative estimate of drug-likeness (QED) is 0.775. The normalized spacial score (nSPS) is 23.4. The molecule has 2 aromatic rings. The smallest absolute Gasteiger partial charge is 0.248 e. The van der Waals surface area contributed by atoms with Crippen molar-refractivity contribution in [2.24, 2.45) is 0 Å². The molecule has 6 heteroatoms. The molecule has 0 amide bonds. The Morgan fingerprint density at radius 1 is 1.15 bits per heavy atom. The van der Waals surface area contributed by atoms with Crippen LogP contribution in [0.4, 0.5) is 0 Å². The standard InChI is InChI=1S/C20H22N2O3S/c1-20(10-6-7-17(13-20)21-11-4-5-12-21)26(24,25)22-14-16(15-23)18-8-2-3-9-19(18)22/h2-3,6-9,13-15H,4-5,10-12H2,1H3. The maximum absolute atomic E-state index is 13.6. The Bertz CT molecular complexity index is 1030. The summed E-state index contributed by atoms with van der Waals surface area (Å²) in [6, 6.07) is 7.12. The molecule has 1 fully saturated rings. The zero-order valence-electron chi connectivity index (χ0n) is 14.8. The van der Waals surface area contributed by atoms with E-state index >= 15 is 0 Å². The van der Waals surface area contributed by atoms with Crippen LogP contribution in [0.5, 0.6) is 0 Å². The molecule has 1 unspecified atom stereocenters. The van der Waals surface area contributed by atoms with Crippen molar-refractivity contribution in [1.82, 2.24) is 8.87 Å². The van der Waals surface area contributed by atoms with Crippen LogP contribution in [-0.4, -0.2) is 41.4 Å². The summed E-state index contributed by atoms with van der Waals surface area (Å²) in [5.74, 6) is 0. The van der Waals surface area contributed by atoms with Crippen LogP contribution in [0.25, 0.3) is 10.9 Å². The number of carbonyl (C=O) groups is 1. The molecule has 0 radical (unpaired) electrons. The molecule has 0 bridgehead atoms. The Morgan fingerprint density at radius 3 is 2.62 bits per heavy atom. The minimum absolute atomic E-state index is 0.392. The molecule has 1 saturated heterocycles. The number of aromatic nitrogens is 1. The number of allylic oxidation sites excluding steroid dienone is 2. The van der Waals surface area contributed by atoms with Crippen molar-refractivity contribution in [3.05, 3.63) is 60.0 Å². The van der Waals surface area contributed by atoms with Crippen LogP contribution in [0.3, 0.4) is 0 Å². The van der Waals surface area contributed by atoms with E-state index in [0.717, 1.165) is 31.6 Å². The number of hydrogen-bond acceptors (Lipinski definition) is 4. The number of nitrogens with zero attached hydrogens (tertiary/aromatic N) is 2. The molecule has 2 heterocycles. The van der Waals surface area contributed by atoms with Crippen LogP contribution in [0, 0.1) is 0 Å². The first-order chi connectivity index (χ1) is 12.5. The topological polar surface area (TPSA) is 59.4 Å². The van der Waals surface area contributed by atoms with Gasteiger partial charge in [-0.1, -0.05) is 24.3 Å². The zero-order valence-corrected chi connectivity index (χ0v) is 15.6. The van der Waals surface area contributed by atoms with Crippen molar-refractivity contribution in [3.63, 3.8) is 0 Å². The number of carbonyl (C=O) groups excluding carboxylic acids is 1. The summed E-state index contributed by atoms with van der Waals surface area (Å²) in [5.41, 5.74) is 1.91. The van der Waals surface area contributed by atoms with Gasteiger partial charge in [0.2, 0.25) is 10.0 Å². The van der Waals surface area contributed by atoms with E-state index in [9.17, 15) is 13.2 Å². The third kappa shape index (κ3) is 2.51. The molecular weight excluding hydrogens is 348 g/mol. The molecule has 1 aliphatic carbocycles. The number of likely N-dealkylation sites (tertiary alicyclic amines) is 1. The van der Waals surface area contributed by atoms with Crippen LogP contribution in [0.1, 0.15) is 36.5 Å². The summed E-state index contributed by atoms with van der Waals surface area (Å²) in [5, 5.41) is 0.657. The molecular formula is C20H22N2O3S. The highest BCUT2D eigenvalue weighted by Crippen LogP contribution is 2.35. The summed E-state index contributed by atoms with van der Waals surface area (Å²) >= 11 is 0. The first-order valence-electron chi connectivity index (χ1n) is 8.91. The second-order valence-electron chi connectivity index (χ2n) is 7.20. The van der Waals surface area contributed by atoms with Crippen LogP contribution in [-0.2, 0) is 10.0 Å². The minimum atomic E-state index is -3.74. The van der Waals surface area contributed by atoms with Gasteiger partial charge in [-0.05, 0) is 44.4 Å². The van der Waals surface area contributed by atoms with E-state index in [1.165, 1.54) is 10.2 Å². The SMILES string of the molecule is CC1(S(=O)(=O)n2cc(C=O)c3ccccc32)C=C(N2CCCC2)C=CC1. The molecule has 26 heavy (non-hydrogen) atoms. The largest absolute Gasteiger partial charge is 0.372 e. The average Bonchev–Trinajstić information content (AvgIpc) is 3.30. The molecule has 5 nitrogen and oxygen atoms in total. The molecule has 1 aliphatic heterocycles. The summed E-state index contributed by atoms with van der Waals surface area (Å²) in [6.07, 6.45) is 10.7. The molecule has 2 aliphatic rings. The highest BCUT2D eigenvalue weighted by atomic mass is 32.2. The molecule has 1 aromatic heterocycles. The third-order valence-electron chi connectivity index (χ3n) is 5.42. The lowest BCUT2D eigenvalue weighted by atomic mass is 10.00. The molecule has 0 N–H and O–H groups in total. The van der Waals surface area contributed by atoms with Gasteiger partial charge < -0.3 is 4.90 Å². The Labute approximate surface area is 153 Å². The minimum Gasteiger partial charge on any atom is -0.372 e. The van der Waals surface area contributed by atoms with E-state index in [1.54, 1.807) is 25.1 Å². The maximum atomic E-state index is 13.6. The van der Waals surface area contributed by atoms with Crippen molar-refractivity contribution >= 4 is 27.2 Å². The summed E-state index contributed by atoms with van der Waals surface area (Å²) in [4.78, 5) is 13.6. The highest BCUT2D eigenvalue weighted by Gasteiger charge is 2.41. The Kier molecular flexibility index (Phi) is 4.03. The van der Waals surface area contributed by atoms with Crippen LogP contribution in [0.2, 0.25) is 0 Å². The van der Waals surface area contributed by atoms with Gasteiger partial charge in [0.15, 0.2) is 6.29 Å². The molecule has 0 spiro atoms. The fraction of sp³-hybridized carbons (Fsp3) is 0.350. The monoisotopic (exact) mass is 370 g/mol. The van der Waals surface area contributed by atoms with Gasteiger partial charge in [0, 0.05) is 35.9 Å². The van der Waals surface area contributed by atoms with Gasteiger partial charge in [0.05, 0.1) is 5.52 Å². The maximum Gasteiger partial charge on any atom is 0.248 e. The lowest BCUT2D eigenvalue weighted by Crippen LogP contribution is -2.39. The highest BCUT2D eigenvalue weighted by molar-refractivity contribution is 7.91. The van der Waals surface area contributed by atoms with Gasteiger partial charge in [-0.2, -0.15) is 0 Å². The second-order valence-corrected chi connectivity index (χ2v) is 9.48. The predicted molar refractivity (Wildman–Crippen MR) is 103 cm³/mol. The number of hydrogen-bond donors (Lipinski definition) is 0. The van der Waals surface area contributed by atoms with Crippen molar-refractivity contribution in [2.45, 2.75) is 30.9 Å². The summed E-state index contributed by atoms with van der Waals surface area (Å²) < 4.78 is 27.4. The van der Waals surface area contributed by atoms with E-state index < -0.39 is 14.8 Å². The van der Waals surface area contributed by atoms with Gasteiger partial charge in [0.1, 0.15) is 4.75 Å². The molecule has 136 valence electrons. The number of aldehydes is 1. The van der Waals surface area contributed by atoms with Gasteiger partial charge in [-0.3, -0.25) is 4.79 Å². The molecule has 0 saturated carbocycles. The van der Waals surface area contributed by atoms with Crippen molar-refractivity contribution < 1.29 is 13.2 Å². The van der Waals surface area contributed by atoms with Gasteiger partial charge in [0.25, 0.3) is 0 Å². The van der Waals surface area contributed by atoms with Gasteiger partial charge in [-0.25, -0.2) is 12.4 Å². The van der Waals surface area contributed by atoms with E-state index in [2.05, 4.69) is 4.90 Å². The number of para-hydroxylation sites is 1. The van der Waals surface area contributed by atoms with Crippen molar-refractivity contribution in [2.75, 3.05) is 13.1 Å². The van der Waals surface area contributed by atoms with Crippen LogP contribution in [0.15, 0.2) is 54.4 Å². The van der Waals surface area contributed by atoms with Crippen LogP contribution >= 0.6 is 0 Å². The number of fused-ring (bicyclic) bond motifs is 1. The summed E-state index contributed by atoms with van der Waals surface area (Å²) in [6.45, 7) is 3.69. The predicted octanol–water partition coefficient (Wildman–Crippen LogP) is 3.33. The van der Waals surface area contributed by atoms with Crippen LogP contribution < -0.4 is 0 Å². The Hall–Kier alpha value is -2.34. The zero-order chi connectivity index (χ0) is 18.4. The molecule has 1 atom stereocenters. The van der Waals surface area contributed by atoms with Gasteiger partial charge >= 0.3 is 0 Å².